The molecule has 26 heavy (non-hydrogen) atoms. The maximum absolute atomic E-state index is 6.29. The Bertz CT molecular complexity index is 308. The van der Waals surface area contributed by atoms with Gasteiger partial charge in [-0.2, -0.15) is 0 Å². The highest BCUT2D eigenvalue weighted by atomic mass is 17.2. The molecule has 0 atom stereocenters. The van der Waals surface area contributed by atoms with Crippen molar-refractivity contribution in [1.82, 2.24) is 0 Å². The largest absolute Gasteiger partial charge is 0.236 e. The van der Waals surface area contributed by atoms with Crippen LogP contribution in [0.15, 0.2) is 0 Å². The number of unbranched alkanes of at least 4 members (excludes halogenated alkanes) is 9. The first-order chi connectivity index (χ1) is 12.1. The van der Waals surface area contributed by atoms with Gasteiger partial charge in [-0.1, -0.05) is 120 Å². The average Bonchev–Trinajstić information content (AvgIpc) is 2.52. The van der Waals surface area contributed by atoms with Crippen molar-refractivity contribution in [2.45, 2.75) is 138 Å². The maximum atomic E-state index is 6.29. The lowest BCUT2D eigenvalue weighted by Crippen LogP contribution is -2.55. The molecule has 0 rings (SSSR count). The zero-order valence-electron chi connectivity index (χ0n) is 19.5. The molecule has 0 spiro atoms. The fraction of sp³-hybridized carbons (Fsp3) is 1.00. The molecule has 0 aromatic heterocycles. The SMILES string of the molecule is CCCCCCCCOOC(CCCCCCC)(C(C)(C)C)C(C)(C)C. The molecular weight excluding hydrogens is 320 g/mol. The van der Waals surface area contributed by atoms with Crippen LogP contribution < -0.4 is 0 Å². The lowest BCUT2D eigenvalue weighted by Gasteiger charge is -2.51. The molecule has 0 aromatic rings. The second-order valence-corrected chi connectivity index (χ2v) is 10.2. The van der Waals surface area contributed by atoms with Crippen molar-refractivity contribution in [3.05, 3.63) is 0 Å². The van der Waals surface area contributed by atoms with Gasteiger partial charge in [0.25, 0.3) is 0 Å². The lowest BCUT2D eigenvalue weighted by atomic mass is 9.60. The van der Waals surface area contributed by atoms with Gasteiger partial charge in [-0.05, 0) is 23.7 Å². The monoisotopic (exact) mass is 370 g/mol. The molecule has 0 heterocycles. The Morgan fingerprint density at radius 1 is 0.538 bits per heavy atom. The van der Waals surface area contributed by atoms with Crippen LogP contribution in [-0.2, 0) is 9.78 Å². The van der Waals surface area contributed by atoms with Crippen molar-refractivity contribution in [1.29, 1.82) is 0 Å². The fourth-order valence-corrected chi connectivity index (χ4v) is 4.23. The van der Waals surface area contributed by atoms with Gasteiger partial charge in [0.1, 0.15) is 5.60 Å². The fourth-order valence-electron chi connectivity index (χ4n) is 4.23. The van der Waals surface area contributed by atoms with Gasteiger partial charge < -0.3 is 0 Å². The van der Waals surface area contributed by atoms with Crippen molar-refractivity contribution in [2.75, 3.05) is 6.61 Å². The summed E-state index contributed by atoms with van der Waals surface area (Å²) < 4.78 is 0. The van der Waals surface area contributed by atoms with Gasteiger partial charge in [-0.3, -0.25) is 0 Å². The summed E-state index contributed by atoms with van der Waals surface area (Å²) in [7, 11) is 0. The van der Waals surface area contributed by atoms with Gasteiger partial charge in [-0.25, -0.2) is 9.78 Å². The molecule has 0 radical (unpaired) electrons. The summed E-state index contributed by atoms with van der Waals surface area (Å²) in [4.78, 5) is 12.1. The van der Waals surface area contributed by atoms with Crippen LogP contribution >= 0.6 is 0 Å². The Hall–Kier alpha value is -0.0800. The molecule has 2 nitrogen and oxygen atoms in total. The topological polar surface area (TPSA) is 18.5 Å². The second kappa shape index (κ2) is 13.2. The Morgan fingerprint density at radius 2 is 0.962 bits per heavy atom. The summed E-state index contributed by atoms with van der Waals surface area (Å²) in [6.07, 6.45) is 15.2. The van der Waals surface area contributed by atoms with Crippen LogP contribution in [0.5, 0.6) is 0 Å². The van der Waals surface area contributed by atoms with E-state index in [1.54, 1.807) is 0 Å². The number of hydrogen-bond donors (Lipinski definition) is 0. The highest BCUT2D eigenvalue weighted by Gasteiger charge is 2.52. The van der Waals surface area contributed by atoms with Crippen molar-refractivity contribution in [3.63, 3.8) is 0 Å². The number of hydrogen-bond acceptors (Lipinski definition) is 2. The minimum Gasteiger partial charge on any atom is -0.236 e. The molecule has 0 saturated carbocycles. The third kappa shape index (κ3) is 9.22. The molecule has 0 amide bonds. The molecule has 0 aliphatic carbocycles. The first-order valence-corrected chi connectivity index (χ1v) is 11.4. The van der Waals surface area contributed by atoms with Crippen molar-refractivity contribution >= 4 is 0 Å². The van der Waals surface area contributed by atoms with Crippen molar-refractivity contribution < 1.29 is 9.78 Å². The van der Waals surface area contributed by atoms with Crippen LogP contribution in [0.25, 0.3) is 0 Å². The van der Waals surface area contributed by atoms with Crippen LogP contribution in [0.2, 0.25) is 0 Å². The van der Waals surface area contributed by atoms with Crippen LogP contribution in [-0.4, -0.2) is 12.2 Å². The van der Waals surface area contributed by atoms with Gasteiger partial charge >= 0.3 is 0 Å². The zero-order valence-corrected chi connectivity index (χ0v) is 19.5. The van der Waals surface area contributed by atoms with E-state index >= 15 is 0 Å². The molecule has 0 fully saturated rings. The first kappa shape index (κ1) is 25.9. The maximum Gasteiger partial charge on any atom is 0.113 e. The average molecular weight is 371 g/mol. The van der Waals surface area contributed by atoms with Gasteiger partial charge in [0, 0.05) is 0 Å². The highest BCUT2D eigenvalue weighted by molar-refractivity contribution is 5.00. The van der Waals surface area contributed by atoms with E-state index in [9.17, 15) is 0 Å². The van der Waals surface area contributed by atoms with E-state index in [0.717, 1.165) is 19.4 Å². The highest BCUT2D eigenvalue weighted by Crippen LogP contribution is 2.50. The minimum atomic E-state index is -0.256. The van der Waals surface area contributed by atoms with E-state index in [0.29, 0.717) is 0 Å². The van der Waals surface area contributed by atoms with Crippen LogP contribution in [0.4, 0.5) is 0 Å². The third-order valence-electron chi connectivity index (χ3n) is 5.84. The van der Waals surface area contributed by atoms with E-state index in [4.69, 9.17) is 9.78 Å². The molecule has 158 valence electrons. The molecule has 0 saturated heterocycles. The van der Waals surface area contributed by atoms with Crippen LogP contribution in [0.3, 0.4) is 0 Å². The normalized spacial score (nSPS) is 13.4. The third-order valence-corrected chi connectivity index (χ3v) is 5.84. The Balaban J connectivity index is 4.62. The molecule has 0 aliphatic rings. The first-order valence-electron chi connectivity index (χ1n) is 11.4. The number of rotatable bonds is 15. The predicted molar refractivity (Wildman–Crippen MR) is 115 cm³/mol. The molecule has 0 aromatic carbocycles. The summed E-state index contributed by atoms with van der Waals surface area (Å²) in [6.45, 7) is 19.1. The Morgan fingerprint density at radius 3 is 1.42 bits per heavy atom. The quantitative estimate of drug-likeness (QED) is 0.163. The standard InChI is InChI=1S/C24H50O2/c1-9-11-13-15-17-19-21-25-26-24(22(3,4)5,23(6,7)8)20-18-16-14-12-10-2/h9-21H2,1-8H3. The van der Waals surface area contributed by atoms with E-state index in [1.165, 1.54) is 64.2 Å². The van der Waals surface area contributed by atoms with E-state index in [-0.39, 0.29) is 16.4 Å². The zero-order chi connectivity index (χ0) is 20.1. The molecule has 2 heteroatoms. The predicted octanol–water partition coefficient (Wildman–Crippen LogP) is 8.49. The van der Waals surface area contributed by atoms with E-state index < -0.39 is 0 Å². The molecule has 0 aliphatic heterocycles. The molecule has 0 unspecified atom stereocenters. The van der Waals surface area contributed by atoms with Crippen molar-refractivity contribution in [3.8, 4) is 0 Å². The smallest absolute Gasteiger partial charge is 0.113 e. The summed E-state index contributed by atoms with van der Waals surface area (Å²) in [6, 6.07) is 0. The van der Waals surface area contributed by atoms with Crippen LogP contribution in [0.1, 0.15) is 132 Å². The van der Waals surface area contributed by atoms with Gasteiger partial charge in [0.05, 0.1) is 6.61 Å². The summed E-state index contributed by atoms with van der Waals surface area (Å²) in [5.41, 5.74) is -0.178. The summed E-state index contributed by atoms with van der Waals surface area (Å²) in [5.74, 6) is 0. The van der Waals surface area contributed by atoms with Crippen molar-refractivity contribution in [2.24, 2.45) is 10.8 Å². The lowest BCUT2D eigenvalue weighted by molar-refractivity contribution is -0.408. The second-order valence-electron chi connectivity index (χ2n) is 10.2. The van der Waals surface area contributed by atoms with Gasteiger partial charge in [-0.15, -0.1) is 0 Å². The van der Waals surface area contributed by atoms with Gasteiger partial charge in [0.15, 0.2) is 0 Å². The van der Waals surface area contributed by atoms with Gasteiger partial charge in [0.2, 0.25) is 0 Å². The Kier molecular flexibility index (Phi) is 13.1. The summed E-state index contributed by atoms with van der Waals surface area (Å²) in [5, 5.41) is 0. The molecular formula is C24H50O2. The summed E-state index contributed by atoms with van der Waals surface area (Å²) >= 11 is 0. The van der Waals surface area contributed by atoms with E-state index in [1.807, 2.05) is 0 Å². The molecule has 0 bridgehead atoms. The Labute approximate surface area is 165 Å². The molecule has 0 N–H and O–H groups in total. The minimum absolute atomic E-state index is 0.0388. The van der Waals surface area contributed by atoms with E-state index in [2.05, 4.69) is 55.4 Å². The van der Waals surface area contributed by atoms with Crippen LogP contribution in [0, 0.1) is 10.8 Å².